The van der Waals surface area contributed by atoms with Crippen molar-refractivity contribution in [2.24, 2.45) is 0 Å². The number of carbonyl (C=O) groups excluding carboxylic acids is 1. The zero-order chi connectivity index (χ0) is 12.6. The van der Waals surface area contributed by atoms with Crippen LogP contribution in [0.5, 0.6) is 0 Å². The van der Waals surface area contributed by atoms with Gasteiger partial charge in [-0.3, -0.25) is 4.79 Å². The van der Waals surface area contributed by atoms with E-state index >= 15 is 0 Å². The van der Waals surface area contributed by atoms with Gasteiger partial charge in [-0.15, -0.1) is 13.2 Å². The highest BCUT2D eigenvalue weighted by molar-refractivity contribution is 5.78. The number of hydrogen-bond donors (Lipinski definition) is 0. The van der Waals surface area contributed by atoms with E-state index in [1.165, 1.54) is 38.5 Å². The van der Waals surface area contributed by atoms with Crippen LogP contribution in [0, 0.1) is 0 Å². The molecule has 1 nitrogen and oxygen atoms in total. The Morgan fingerprint density at radius 1 is 0.750 bits per heavy atom. The van der Waals surface area contributed by atoms with Crippen LogP contribution < -0.4 is 0 Å². The molecule has 0 aliphatic rings. The largest absolute Gasteiger partial charge is 0.300 e. The molecule has 0 aromatic rings. The highest BCUT2D eigenvalue weighted by atomic mass is 16.1. The molecule has 0 aromatic heterocycles. The summed E-state index contributed by atoms with van der Waals surface area (Å²) < 4.78 is 0. The Morgan fingerprint density at radius 3 is 1.44 bits per heavy atom. The van der Waals surface area contributed by atoms with Gasteiger partial charge in [0.2, 0.25) is 0 Å². The van der Waals surface area contributed by atoms with Gasteiger partial charge in [0.05, 0.1) is 0 Å². The van der Waals surface area contributed by atoms with Gasteiger partial charge in [-0.05, 0) is 12.8 Å². The van der Waals surface area contributed by atoms with Gasteiger partial charge < -0.3 is 0 Å². The van der Waals surface area contributed by atoms with Gasteiger partial charge in [-0.1, -0.05) is 52.4 Å². The van der Waals surface area contributed by atoms with Crippen molar-refractivity contribution in [1.82, 2.24) is 0 Å². The molecule has 0 radical (unpaired) electrons. The minimum Gasteiger partial charge on any atom is -0.300 e. The number of rotatable bonds is 10. The lowest BCUT2D eigenvalue weighted by Crippen LogP contribution is -1.97. The van der Waals surface area contributed by atoms with E-state index in [1.54, 1.807) is 0 Å². The summed E-state index contributed by atoms with van der Waals surface area (Å²) in [5.41, 5.74) is 0. The zero-order valence-corrected chi connectivity index (χ0v) is 11.4. The van der Waals surface area contributed by atoms with E-state index < -0.39 is 0 Å². The van der Waals surface area contributed by atoms with Gasteiger partial charge in [0.15, 0.2) is 0 Å². The Balaban J connectivity index is 0. The molecular weight excluding hydrogens is 196 g/mol. The van der Waals surface area contributed by atoms with Crippen LogP contribution in [0.3, 0.4) is 0 Å². The quantitative estimate of drug-likeness (QED) is 0.365. The van der Waals surface area contributed by atoms with E-state index in [4.69, 9.17) is 0 Å². The molecular formula is C15H30O. The summed E-state index contributed by atoms with van der Waals surface area (Å²) in [6, 6.07) is 0. The molecule has 0 amide bonds. The van der Waals surface area contributed by atoms with Gasteiger partial charge >= 0.3 is 0 Å². The maximum atomic E-state index is 11.4. The molecule has 0 unspecified atom stereocenters. The summed E-state index contributed by atoms with van der Waals surface area (Å²) in [6.07, 6.45) is 11.4. The molecule has 0 atom stereocenters. The van der Waals surface area contributed by atoms with Crippen LogP contribution in [0.25, 0.3) is 0 Å². The average Bonchev–Trinajstić information content (AvgIpc) is 2.33. The van der Waals surface area contributed by atoms with Gasteiger partial charge in [0.1, 0.15) is 5.78 Å². The van der Waals surface area contributed by atoms with Crippen molar-refractivity contribution in [2.75, 3.05) is 0 Å². The lowest BCUT2D eigenvalue weighted by atomic mass is 10.0. The Labute approximate surface area is 102 Å². The lowest BCUT2D eigenvalue weighted by molar-refractivity contribution is -0.119. The Morgan fingerprint density at radius 2 is 1.12 bits per heavy atom. The maximum Gasteiger partial charge on any atom is 0.132 e. The average molecular weight is 226 g/mol. The number of hydrogen-bond acceptors (Lipinski definition) is 1. The zero-order valence-electron chi connectivity index (χ0n) is 11.4. The molecule has 0 aliphatic heterocycles. The first-order chi connectivity index (χ1) is 7.81. The fourth-order valence-corrected chi connectivity index (χ4v) is 1.62. The molecule has 0 aromatic carbocycles. The molecule has 96 valence electrons. The number of ketones is 1. The van der Waals surface area contributed by atoms with Gasteiger partial charge in [-0.2, -0.15) is 0 Å². The normalized spacial score (nSPS) is 9.38. The molecule has 0 rings (SSSR count). The third-order valence-corrected chi connectivity index (χ3v) is 2.62. The molecule has 16 heavy (non-hydrogen) atoms. The SMILES string of the molecule is C=C.CCCCCCC(=O)CCCCCC. The summed E-state index contributed by atoms with van der Waals surface area (Å²) in [7, 11) is 0. The summed E-state index contributed by atoms with van der Waals surface area (Å²) in [4.78, 5) is 11.4. The molecule has 0 bridgehead atoms. The van der Waals surface area contributed by atoms with Crippen LogP contribution >= 0.6 is 0 Å². The van der Waals surface area contributed by atoms with E-state index in [0.717, 1.165) is 25.7 Å². The van der Waals surface area contributed by atoms with Gasteiger partial charge in [-0.25, -0.2) is 0 Å². The second-order valence-corrected chi connectivity index (χ2v) is 4.16. The molecule has 0 spiro atoms. The third kappa shape index (κ3) is 15.9. The highest BCUT2D eigenvalue weighted by Gasteiger charge is 2.00. The van der Waals surface area contributed by atoms with Crippen molar-refractivity contribution in [3.8, 4) is 0 Å². The second kappa shape index (κ2) is 16.8. The van der Waals surface area contributed by atoms with Crippen molar-refractivity contribution in [2.45, 2.75) is 78.1 Å². The van der Waals surface area contributed by atoms with Gasteiger partial charge in [0, 0.05) is 12.8 Å². The monoisotopic (exact) mass is 226 g/mol. The van der Waals surface area contributed by atoms with Crippen molar-refractivity contribution in [3.05, 3.63) is 13.2 Å². The molecule has 0 saturated heterocycles. The smallest absolute Gasteiger partial charge is 0.132 e. The number of unbranched alkanes of at least 4 members (excludes halogenated alkanes) is 6. The van der Waals surface area contributed by atoms with Crippen LogP contribution in [-0.2, 0) is 4.79 Å². The summed E-state index contributed by atoms with van der Waals surface area (Å²) in [6.45, 7) is 10.4. The fourth-order valence-electron chi connectivity index (χ4n) is 1.62. The molecule has 1 heteroatoms. The predicted octanol–water partition coefficient (Wildman–Crippen LogP) is 5.30. The third-order valence-electron chi connectivity index (χ3n) is 2.62. The van der Waals surface area contributed by atoms with Crippen LogP contribution in [0.4, 0.5) is 0 Å². The van der Waals surface area contributed by atoms with Crippen molar-refractivity contribution < 1.29 is 4.79 Å². The van der Waals surface area contributed by atoms with Crippen LogP contribution in [0.15, 0.2) is 13.2 Å². The first-order valence-electron chi connectivity index (χ1n) is 6.83. The Hall–Kier alpha value is -0.590. The minimum atomic E-state index is 0.484. The van der Waals surface area contributed by atoms with Crippen LogP contribution in [-0.4, -0.2) is 5.78 Å². The first-order valence-corrected chi connectivity index (χ1v) is 6.83. The Bertz CT molecular complexity index is 126. The maximum absolute atomic E-state index is 11.4. The van der Waals surface area contributed by atoms with E-state index in [1.807, 2.05) is 0 Å². The highest BCUT2D eigenvalue weighted by Crippen LogP contribution is 2.08. The fraction of sp³-hybridized carbons (Fsp3) is 0.800. The molecule has 0 heterocycles. The van der Waals surface area contributed by atoms with E-state index in [2.05, 4.69) is 27.0 Å². The predicted molar refractivity (Wildman–Crippen MR) is 73.8 cm³/mol. The molecule has 0 N–H and O–H groups in total. The first kappa shape index (κ1) is 17.8. The summed E-state index contributed by atoms with van der Waals surface area (Å²) >= 11 is 0. The summed E-state index contributed by atoms with van der Waals surface area (Å²) in [5.74, 6) is 0.484. The van der Waals surface area contributed by atoms with Crippen molar-refractivity contribution in [1.29, 1.82) is 0 Å². The van der Waals surface area contributed by atoms with Crippen LogP contribution in [0.1, 0.15) is 78.1 Å². The molecule has 0 fully saturated rings. The number of carbonyl (C=O) groups is 1. The van der Waals surface area contributed by atoms with Gasteiger partial charge in [0.25, 0.3) is 0 Å². The summed E-state index contributed by atoms with van der Waals surface area (Å²) in [5, 5.41) is 0. The minimum absolute atomic E-state index is 0.484. The van der Waals surface area contributed by atoms with Crippen molar-refractivity contribution in [3.63, 3.8) is 0 Å². The topological polar surface area (TPSA) is 17.1 Å². The van der Waals surface area contributed by atoms with E-state index in [-0.39, 0.29) is 0 Å². The van der Waals surface area contributed by atoms with Crippen molar-refractivity contribution >= 4 is 5.78 Å². The lowest BCUT2D eigenvalue weighted by Gasteiger charge is -2.00. The molecule has 0 saturated carbocycles. The standard InChI is InChI=1S/C13H26O.C2H4/c1-3-5-7-9-11-13(14)12-10-8-6-4-2;1-2/h3-12H2,1-2H3;1-2H2. The second-order valence-electron chi connectivity index (χ2n) is 4.16. The Kier molecular flexibility index (Phi) is 18.7. The van der Waals surface area contributed by atoms with E-state index in [0.29, 0.717) is 5.78 Å². The molecule has 0 aliphatic carbocycles. The van der Waals surface area contributed by atoms with E-state index in [9.17, 15) is 4.79 Å². The van der Waals surface area contributed by atoms with Crippen LogP contribution in [0.2, 0.25) is 0 Å². The number of Topliss-reactive ketones (excluding diaryl/α,β-unsaturated/α-hetero) is 1.